The third-order valence-electron chi connectivity index (χ3n) is 5.08. The van der Waals surface area contributed by atoms with Gasteiger partial charge in [0.2, 0.25) is 10.0 Å². The average molecular weight is 355 g/mol. The number of nitrogens with zero attached hydrogens (tertiary/aromatic N) is 1. The molecule has 2 fully saturated rings. The van der Waals surface area contributed by atoms with Gasteiger partial charge in [-0.25, -0.2) is 8.42 Å². The summed E-state index contributed by atoms with van der Waals surface area (Å²) in [5, 5.41) is 0. The van der Waals surface area contributed by atoms with Crippen LogP contribution in [0.15, 0.2) is 29.2 Å². The molecule has 0 N–H and O–H groups in total. The molecule has 3 rings (SSSR count). The van der Waals surface area contributed by atoms with Gasteiger partial charge in [-0.2, -0.15) is 4.31 Å². The third-order valence-corrected chi connectivity index (χ3v) is 6.94. The molecule has 1 aromatic carbocycles. The molecule has 0 radical (unpaired) electrons. The number of sulfonamides is 1. The van der Waals surface area contributed by atoms with Crippen LogP contribution in [0.2, 0.25) is 0 Å². The predicted octanol–water partition coefficient (Wildman–Crippen LogP) is 1.90. The summed E-state index contributed by atoms with van der Waals surface area (Å²) < 4.78 is 44.0. The van der Waals surface area contributed by atoms with Gasteiger partial charge in [-0.05, 0) is 43.5 Å². The molecule has 2 aliphatic heterocycles. The lowest BCUT2D eigenvalue weighted by Crippen LogP contribution is -2.57. The van der Waals surface area contributed by atoms with E-state index in [4.69, 9.17) is 14.2 Å². The fourth-order valence-electron chi connectivity index (χ4n) is 3.85. The molecule has 7 heteroatoms. The van der Waals surface area contributed by atoms with E-state index in [1.807, 2.05) is 0 Å². The molecule has 134 valence electrons. The van der Waals surface area contributed by atoms with Crippen LogP contribution in [0, 0.1) is 5.41 Å². The number of hydrogen-bond acceptors (Lipinski definition) is 5. The second-order valence-electron chi connectivity index (χ2n) is 6.56. The van der Waals surface area contributed by atoms with E-state index < -0.39 is 10.0 Å². The van der Waals surface area contributed by atoms with Gasteiger partial charge in [0.1, 0.15) is 5.75 Å². The largest absolute Gasteiger partial charge is 0.497 e. The van der Waals surface area contributed by atoms with Crippen molar-refractivity contribution in [1.29, 1.82) is 0 Å². The van der Waals surface area contributed by atoms with Crippen LogP contribution in [0.5, 0.6) is 5.75 Å². The molecule has 0 aliphatic carbocycles. The fourth-order valence-corrected chi connectivity index (χ4v) is 5.40. The predicted molar refractivity (Wildman–Crippen MR) is 89.7 cm³/mol. The summed E-state index contributed by atoms with van der Waals surface area (Å²) >= 11 is 0. The Labute approximate surface area is 143 Å². The second-order valence-corrected chi connectivity index (χ2v) is 8.50. The maximum absolute atomic E-state index is 13.0. The summed E-state index contributed by atoms with van der Waals surface area (Å²) in [6.07, 6.45) is 2.66. The van der Waals surface area contributed by atoms with Crippen LogP contribution in [0.3, 0.4) is 0 Å². The summed E-state index contributed by atoms with van der Waals surface area (Å²) in [6.45, 7) is 2.19. The molecule has 0 unspecified atom stereocenters. The maximum Gasteiger partial charge on any atom is 0.243 e. The van der Waals surface area contributed by atoms with Crippen molar-refractivity contribution in [3.63, 3.8) is 0 Å². The Kier molecular flexibility index (Phi) is 5.15. The minimum atomic E-state index is -3.53. The lowest BCUT2D eigenvalue weighted by atomic mass is 9.73. The zero-order chi connectivity index (χ0) is 17.2. The molecular formula is C17H25NO5S. The monoisotopic (exact) mass is 355 g/mol. The molecule has 2 heterocycles. The van der Waals surface area contributed by atoms with Crippen LogP contribution in [0.25, 0.3) is 0 Å². The van der Waals surface area contributed by atoms with Crippen molar-refractivity contribution in [2.24, 2.45) is 5.41 Å². The van der Waals surface area contributed by atoms with Gasteiger partial charge >= 0.3 is 0 Å². The van der Waals surface area contributed by atoms with E-state index in [0.29, 0.717) is 36.8 Å². The molecule has 24 heavy (non-hydrogen) atoms. The Balaban J connectivity index is 1.85. The lowest BCUT2D eigenvalue weighted by Gasteiger charge is -2.49. The van der Waals surface area contributed by atoms with Crippen molar-refractivity contribution in [2.45, 2.75) is 30.3 Å². The zero-order valence-electron chi connectivity index (χ0n) is 14.2. The van der Waals surface area contributed by atoms with Crippen LogP contribution in [-0.4, -0.2) is 59.3 Å². The number of fused-ring (bicyclic) bond motifs is 1. The Morgan fingerprint density at radius 3 is 2.71 bits per heavy atom. The molecule has 0 bridgehead atoms. The highest BCUT2D eigenvalue weighted by atomic mass is 32.2. The molecule has 0 saturated carbocycles. The van der Waals surface area contributed by atoms with E-state index in [1.54, 1.807) is 42.8 Å². The van der Waals surface area contributed by atoms with Gasteiger partial charge in [0.15, 0.2) is 0 Å². The van der Waals surface area contributed by atoms with Crippen molar-refractivity contribution in [3.8, 4) is 5.75 Å². The van der Waals surface area contributed by atoms with Crippen molar-refractivity contribution in [3.05, 3.63) is 24.3 Å². The molecule has 0 aromatic heterocycles. The summed E-state index contributed by atoms with van der Waals surface area (Å²) in [5.74, 6) is 0.643. The van der Waals surface area contributed by atoms with E-state index in [-0.39, 0.29) is 11.5 Å². The van der Waals surface area contributed by atoms with Gasteiger partial charge in [0.25, 0.3) is 0 Å². The van der Waals surface area contributed by atoms with Crippen molar-refractivity contribution in [2.75, 3.05) is 40.5 Å². The molecule has 6 nitrogen and oxygen atoms in total. The highest BCUT2D eigenvalue weighted by Crippen LogP contribution is 2.41. The number of benzene rings is 1. The number of piperidine rings is 1. The number of methoxy groups -OCH3 is 2. The zero-order valence-corrected chi connectivity index (χ0v) is 15.0. The SMILES string of the molecule is COC[C@@]12CCCO[C@@H]1CCN(S(=O)(=O)c1ccc(OC)cc1)C2. The van der Waals surface area contributed by atoms with E-state index in [1.165, 1.54) is 0 Å². The van der Waals surface area contributed by atoms with Gasteiger partial charge in [0.05, 0.1) is 24.7 Å². The van der Waals surface area contributed by atoms with Gasteiger partial charge in [-0.1, -0.05) is 0 Å². The smallest absolute Gasteiger partial charge is 0.243 e. The van der Waals surface area contributed by atoms with Crippen LogP contribution in [0.4, 0.5) is 0 Å². The topological polar surface area (TPSA) is 65.1 Å². The minimum Gasteiger partial charge on any atom is -0.497 e. The Morgan fingerprint density at radius 2 is 2.04 bits per heavy atom. The third kappa shape index (κ3) is 3.18. The first-order valence-corrected chi connectivity index (χ1v) is 9.71. The quantitative estimate of drug-likeness (QED) is 0.807. The molecule has 2 saturated heterocycles. The Morgan fingerprint density at radius 1 is 1.29 bits per heavy atom. The van der Waals surface area contributed by atoms with Crippen LogP contribution < -0.4 is 4.74 Å². The lowest BCUT2D eigenvalue weighted by molar-refractivity contribution is -0.137. The van der Waals surface area contributed by atoms with Crippen LogP contribution in [0.1, 0.15) is 19.3 Å². The maximum atomic E-state index is 13.0. The molecule has 0 amide bonds. The normalized spacial score (nSPS) is 28.3. The average Bonchev–Trinajstić information content (AvgIpc) is 2.61. The van der Waals surface area contributed by atoms with E-state index in [9.17, 15) is 8.42 Å². The van der Waals surface area contributed by atoms with E-state index in [0.717, 1.165) is 19.4 Å². The van der Waals surface area contributed by atoms with Crippen molar-refractivity contribution >= 4 is 10.0 Å². The van der Waals surface area contributed by atoms with E-state index in [2.05, 4.69) is 0 Å². The van der Waals surface area contributed by atoms with Gasteiger partial charge in [0, 0.05) is 32.2 Å². The summed E-state index contributed by atoms with van der Waals surface area (Å²) in [7, 11) is -0.302. The second kappa shape index (κ2) is 7.00. The number of rotatable bonds is 5. The number of hydrogen-bond donors (Lipinski definition) is 0. The van der Waals surface area contributed by atoms with Crippen LogP contribution in [-0.2, 0) is 19.5 Å². The first-order valence-electron chi connectivity index (χ1n) is 8.27. The standard InChI is InChI=1S/C17H25NO5S/c1-21-13-17-9-3-11-23-16(17)8-10-18(12-17)24(19,20)15-6-4-14(22-2)5-7-15/h4-7,16H,3,8-13H2,1-2H3/t16-,17+/m1/s1. The molecular weight excluding hydrogens is 330 g/mol. The molecule has 1 aromatic rings. The van der Waals surface area contributed by atoms with Gasteiger partial charge in [-0.15, -0.1) is 0 Å². The Bertz CT molecular complexity index is 656. The first-order chi connectivity index (χ1) is 11.5. The highest BCUT2D eigenvalue weighted by molar-refractivity contribution is 7.89. The van der Waals surface area contributed by atoms with Gasteiger partial charge in [-0.3, -0.25) is 0 Å². The first kappa shape index (κ1) is 17.7. The minimum absolute atomic E-state index is 0.0773. The molecule has 2 atom stereocenters. The summed E-state index contributed by atoms with van der Waals surface area (Å²) in [5.41, 5.74) is -0.245. The van der Waals surface area contributed by atoms with Crippen LogP contribution >= 0.6 is 0 Å². The molecule has 0 spiro atoms. The number of ether oxygens (including phenoxy) is 3. The van der Waals surface area contributed by atoms with Gasteiger partial charge < -0.3 is 14.2 Å². The van der Waals surface area contributed by atoms with E-state index >= 15 is 0 Å². The summed E-state index contributed by atoms with van der Waals surface area (Å²) in [6, 6.07) is 6.55. The molecule has 2 aliphatic rings. The van der Waals surface area contributed by atoms with Crippen molar-refractivity contribution < 1.29 is 22.6 Å². The Hall–Kier alpha value is -1.15. The fraction of sp³-hybridized carbons (Fsp3) is 0.647. The summed E-state index contributed by atoms with van der Waals surface area (Å²) in [4.78, 5) is 0.297. The van der Waals surface area contributed by atoms with Crippen molar-refractivity contribution in [1.82, 2.24) is 4.31 Å². The highest BCUT2D eigenvalue weighted by Gasteiger charge is 2.48.